The fourth-order valence-corrected chi connectivity index (χ4v) is 2.63. The van der Waals surface area contributed by atoms with E-state index in [1.54, 1.807) is 0 Å². The lowest BCUT2D eigenvalue weighted by atomic mass is 10.1. The molecule has 0 saturated carbocycles. The van der Waals surface area contributed by atoms with Crippen LogP contribution in [-0.4, -0.2) is 40.4 Å². The minimum Gasteiger partial charge on any atom is -0.312 e. The Hall–Kier alpha value is -1.65. The van der Waals surface area contributed by atoms with Crippen molar-refractivity contribution < 1.29 is 0 Å². The van der Waals surface area contributed by atoms with E-state index in [0.29, 0.717) is 6.04 Å². The van der Waals surface area contributed by atoms with Crippen molar-refractivity contribution in [3.05, 3.63) is 48.3 Å². The second-order valence-electron chi connectivity index (χ2n) is 5.21. The molecule has 4 nitrogen and oxygen atoms in total. The van der Waals surface area contributed by atoms with Gasteiger partial charge in [-0.3, -0.25) is 4.90 Å². The molecule has 0 bridgehead atoms. The fourth-order valence-electron chi connectivity index (χ4n) is 2.63. The molecule has 1 aromatic carbocycles. The molecule has 2 heterocycles. The van der Waals surface area contributed by atoms with Gasteiger partial charge in [0.1, 0.15) is 0 Å². The van der Waals surface area contributed by atoms with Gasteiger partial charge in [-0.1, -0.05) is 12.1 Å². The Balaban J connectivity index is 1.73. The lowest BCUT2D eigenvalue weighted by molar-refractivity contribution is 0.199. The average molecular weight is 256 g/mol. The minimum atomic E-state index is 0.586. The van der Waals surface area contributed by atoms with Gasteiger partial charge < -0.3 is 5.32 Å². The maximum Gasteiger partial charge on any atom is 0.0648 e. The van der Waals surface area contributed by atoms with Gasteiger partial charge in [-0.2, -0.15) is 5.10 Å². The van der Waals surface area contributed by atoms with Gasteiger partial charge in [0.25, 0.3) is 0 Å². The molecule has 1 aliphatic rings. The predicted octanol–water partition coefficient (Wildman–Crippen LogP) is 1.67. The van der Waals surface area contributed by atoms with E-state index in [9.17, 15) is 0 Å². The van der Waals surface area contributed by atoms with E-state index >= 15 is 0 Å². The Morgan fingerprint density at radius 3 is 3.11 bits per heavy atom. The number of aromatic nitrogens is 2. The molecule has 1 N–H and O–H groups in total. The highest BCUT2D eigenvalue weighted by atomic mass is 15.3. The van der Waals surface area contributed by atoms with Crippen molar-refractivity contribution in [2.45, 2.75) is 19.5 Å². The van der Waals surface area contributed by atoms with Crippen LogP contribution in [0.4, 0.5) is 0 Å². The summed E-state index contributed by atoms with van der Waals surface area (Å²) in [5, 5.41) is 7.76. The molecule has 1 atom stereocenters. The van der Waals surface area contributed by atoms with Crippen molar-refractivity contribution in [1.82, 2.24) is 20.0 Å². The molecule has 0 spiro atoms. The number of hydrogen-bond donors (Lipinski definition) is 1. The number of piperazine rings is 1. The van der Waals surface area contributed by atoms with Gasteiger partial charge in [-0.25, -0.2) is 4.68 Å². The Morgan fingerprint density at radius 2 is 2.32 bits per heavy atom. The van der Waals surface area contributed by atoms with Crippen LogP contribution in [0.3, 0.4) is 0 Å². The summed E-state index contributed by atoms with van der Waals surface area (Å²) in [6.45, 7) is 6.58. The lowest BCUT2D eigenvalue weighted by Crippen LogP contribution is -2.48. The summed E-state index contributed by atoms with van der Waals surface area (Å²) in [6.07, 6.45) is 3.79. The summed E-state index contributed by atoms with van der Waals surface area (Å²) < 4.78 is 1.91. The number of nitrogens with zero attached hydrogens (tertiary/aromatic N) is 3. The quantitative estimate of drug-likeness (QED) is 0.907. The summed E-state index contributed by atoms with van der Waals surface area (Å²) in [5.74, 6) is 0. The normalized spacial score (nSPS) is 20.6. The van der Waals surface area contributed by atoms with Crippen LogP contribution < -0.4 is 5.32 Å². The van der Waals surface area contributed by atoms with Gasteiger partial charge in [0, 0.05) is 44.6 Å². The molecular formula is C15H20N4. The van der Waals surface area contributed by atoms with Crippen LogP contribution in [0.15, 0.2) is 42.7 Å². The maximum atomic E-state index is 4.28. The first-order valence-electron chi connectivity index (χ1n) is 6.86. The highest BCUT2D eigenvalue weighted by Gasteiger charge is 2.15. The summed E-state index contributed by atoms with van der Waals surface area (Å²) in [4.78, 5) is 2.50. The van der Waals surface area contributed by atoms with Crippen molar-refractivity contribution in [3.8, 4) is 5.69 Å². The Kier molecular flexibility index (Phi) is 3.62. The molecule has 1 aromatic heterocycles. The molecule has 3 rings (SSSR count). The zero-order valence-corrected chi connectivity index (χ0v) is 11.3. The number of hydrogen-bond acceptors (Lipinski definition) is 3. The van der Waals surface area contributed by atoms with Crippen LogP contribution in [0.2, 0.25) is 0 Å². The van der Waals surface area contributed by atoms with Gasteiger partial charge in [-0.15, -0.1) is 0 Å². The first kappa shape index (κ1) is 12.4. The molecule has 1 aliphatic heterocycles. The van der Waals surface area contributed by atoms with E-state index in [2.05, 4.69) is 46.5 Å². The van der Waals surface area contributed by atoms with E-state index in [0.717, 1.165) is 31.9 Å². The Morgan fingerprint density at radius 1 is 1.37 bits per heavy atom. The molecule has 2 aromatic rings. The van der Waals surface area contributed by atoms with Crippen LogP contribution >= 0.6 is 0 Å². The van der Waals surface area contributed by atoms with E-state index in [4.69, 9.17) is 0 Å². The highest BCUT2D eigenvalue weighted by molar-refractivity contribution is 5.35. The zero-order valence-electron chi connectivity index (χ0n) is 11.3. The Labute approximate surface area is 114 Å². The molecule has 4 heteroatoms. The van der Waals surface area contributed by atoms with Crippen molar-refractivity contribution in [1.29, 1.82) is 0 Å². The van der Waals surface area contributed by atoms with Gasteiger partial charge in [0.15, 0.2) is 0 Å². The second kappa shape index (κ2) is 5.55. The standard InChI is InChI=1S/C15H20N4/c1-13-11-18(9-7-16-13)12-14-4-2-5-15(10-14)19-8-3-6-17-19/h2-6,8,10,13,16H,7,9,11-12H2,1H3/t13-/m0/s1. The SMILES string of the molecule is C[C@H]1CN(Cc2cccc(-n3cccn3)c2)CCN1. The zero-order chi connectivity index (χ0) is 13.1. The van der Waals surface area contributed by atoms with Gasteiger partial charge in [0.05, 0.1) is 5.69 Å². The molecule has 0 radical (unpaired) electrons. The minimum absolute atomic E-state index is 0.586. The van der Waals surface area contributed by atoms with Crippen LogP contribution in [0.5, 0.6) is 0 Å². The van der Waals surface area contributed by atoms with E-state index in [1.165, 1.54) is 5.56 Å². The Bertz CT molecular complexity index is 521. The first-order chi connectivity index (χ1) is 9.31. The smallest absolute Gasteiger partial charge is 0.0648 e. The lowest BCUT2D eigenvalue weighted by Gasteiger charge is -2.31. The third-order valence-electron chi connectivity index (χ3n) is 3.54. The second-order valence-corrected chi connectivity index (χ2v) is 5.21. The largest absolute Gasteiger partial charge is 0.312 e. The molecule has 0 unspecified atom stereocenters. The topological polar surface area (TPSA) is 33.1 Å². The van der Waals surface area contributed by atoms with Crippen LogP contribution in [0.25, 0.3) is 5.69 Å². The van der Waals surface area contributed by atoms with Crippen molar-refractivity contribution >= 4 is 0 Å². The summed E-state index contributed by atoms with van der Waals surface area (Å²) in [5.41, 5.74) is 2.48. The maximum absolute atomic E-state index is 4.28. The first-order valence-corrected chi connectivity index (χ1v) is 6.86. The van der Waals surface area contributed by atoms with Crippen molar-refractivity contribution in [2.24, 2.45) is 0 Å². The number of benzene rings is 1. The number of nitrogens with one attached hydrogen (secondary N) is 1. The highest BCUT2D eigenvalue weighted by Crippen LogP contribution is 2.12. The average Bonchev–Trinajstić information content (AvgIpc) is 2.93. The summed E-state index contributed by atoms with van der Waals surface area (Å²) in [6, 6.07) is 11.2. The summed E-state index contributed by atoms with van der Waals surface area (Å²) in [7, 11) is 0. The molecular weight excluding hydrogens is 236 g/mol. The molecule has 0 aliphatic carbocycles. The van der Waals surface area contributed by atoms with Crippen LogP contribution in [0, 0.1) is 0 Å². The molecule has 1 saturated heterocycles. The van der Waals surface area contributed by atoms with Gasteiger partial charge in [0.2, 0.25) is 0 Å². The van der Waals surface area contributed by atoms with Crippen molar-refractivity contribution in [2.75, 3.05) is 19.6 Å². The third kappa shape index (κ3) is 3.03. The molecule has 19 heavy (non-hydrogen) atoms. The van der Waals surface area contributed by atoms with E-state index in [-0.39, 0.29) is 0 Å². The van der Waals surface area contributed by atoms with Gasteiger partial charge in [-0.05, 0) is 30.7 Å². The predicted molar refractivity (Wildman–Crippen MR) is 76.3 cm³/mol. The molecule has 1 fully saturated rings. The fraction of sp³-hybridized carbons (Fsp3) is 0.400. The van der Waals surface area contributed by atoms with E-state index < -0.39 is 0 Å². The summed E-state index contributed by atoms with van der Waals surface area (Å²) >= 11 is 0. The van der Waals surface area contributed by atoms with Crippen LogP contribution in [0.1, 0.15) is 12.5 Å². The van der Waals surface area contributed by atoms with Crippen LogP contribution in [-0.2, 0) is 6.54 Å². The number of rotatable bonds is 3. The molecule has 100 valence electrons. The third-order valence-corrected chi connectivity index (χ3v) is 3.54. The molecule has 0 amide bonds. The monoisotopic (exact) mass is 256 g/mol. The van der Waals surface area contributed by atoms with Gasteiger partial charge >= 0.3 is 0 Å². The van der Waals surface area contributed by atoms with E-state index in [1.807, 2.05) is 23.1 Å². The van der Waals surface area contributed by atoms with Crippen molar-refractivity contribution in [3.63, 3.8) is 0 Å².